The van der Waals surface area contributed by atoms with Gasteiger partial charge in [0.15, 0.2) is 6.23 Å². The second kappa shape index (κ2) is 10.2. The second-order valence-electron chi connectivity index (χ2n) is 5.79. The highest BCUT2D eigenvalue weighted by Crippen LogP contribution is 2.58. The maximum Gasteiger partial charge on any atom is 0.481 e. The van der Waals surface area contributed by atoms with Crippen LogP contribution in [0.5, 0.6) is 0 Å². The van der Waals surface area contributed by atoms with Gasteiger partial charge in [-0.05, 0) is 6.42 Å². The average molecular weight is 494 g/mol. The predicted octanol–water partition coefficient (Wildman–Crippen LogP) is 0.181. The van der Waals surface area contributed by atoms with Gasteiger partial charge in [-0.15, -0.1) is 0 Å². The lowest BCUT2D eigenvalue weighted by Crippen LogP contribution is -2.36. The minimum Gasteiger partial charge on any atom is -0.389 e. The Balaban J connectivity index is 2.18. The molecule has 1 unspecified atom stereocenters. The van der Waals surface area contributed by atoms with Crippen molar-refractivity contribution in [3.8, 4) is 0 Å². The van der Waals surface area contributed by atoms with Gasteiger partial charge in [0, 0.05) is 18.0 Å². The zero-order valence-electron chi connectivity index (χ0n) is 14.9. The number of aliphatic hydroxyl groups is 1. The number of aromatic amines is 1. The summed E-state index contributed by atoms with van der Waals surface area (Å²) in [7, 11) is -7.78. The van der Waals surface area contributed by atoms with Gasteiger partial charge in [0.1, 0.15) is 6.10 Å². The quantitative estimate of drug-likeness (QED) is 0.168. The lowest BCUT2D eigenvalue weighted by molar-refractivity contribution is -0.0448. The maximum absolute atomic E-state index is 12.1. The molecule has 1 aromatic rings. The van der Waals surface area contributed by atoms with E-state index < -0.39 is 57.2 Å². The van der Waals surface area contributed by atoms with Gasteiger partial charge in [-0.1, -0.05) is 28.5 Å². The maximum atomic E-state index is 12.1. The molecule has 1 saturated heterocycles. The Bertz CT molecular complexity index is 902. The number of aliphatic hydroxyl groups excluding tert-OH is 1. The first-order valence-corrected chi connectivity index (χ1v) is 13.5. The van der Waals surface area contributed by atoms with Gasteiger partial charge >= 0.3 is 21.3 Å². The van der Waals surface area contributed by atoms with E-state index in [4.69, 9.17) is 14.5 Å². The van der Waals surface area contributed by atoms with E-state index in [2.05, 4.69) is 13.8 Å². The third kappa shape index (κ3) is 7.33. The predicted molar refractivity (Wildman–Crippen MR) is 104 cm³/mol. The van der Waals surface area contributed by atoms with Crippen molar-refractivity contribution >= 4 is 37.2 Å². The number of phosphoric ester groups is 1. The number of hydrogen-bond donors (Lipinski definition) is 5. The Kier molecular flexibility index (Phi) is 8.77. The molecule has 0 aromatic carbocycles. The minimum atomic E-state index is -5.29. The summed E-state index contributed by atoms with van der Waals surface area (Å²) in [5.41, 5.74) is -1.40. The van der Waals surface area contributed by atoms with E-state index in [-0.39, 0.29) is 0 Å². The highest BCUT2D eigenvalue weighted by atomic mass is 33.1. The van der Waals surface area contributed by atoms with Crippen molar-refractivity contribution in [3.05, 3.63) is 33.1 Å². The van der Waals surface area contributed by atoms with Crippen LogP contribution in [0.4, 0.5) is 0 Å². The first-order valence-electron chi connectivity index (χ1n) is 8.11. The van der Waals surface area contributed by atoms with Crippen LogP contribution >= 0.6 is 37.2 Å². The van der Waals surface area contributed by atoms with Crippen LogP contribution in [0.1, 0.15) is 19.6 Å². The molecule has 17 heteroatoms. The zero-order chi connectivity index (χ0) is 21.8. The van der Waals surface area contributed by atoms with Crippen molar-refractivity contribution in [2.45, 2.75) is 37.0 Å². The van der Waals surface area contributed by atoms with Crippen LogP contribution in [0, 0.1) is 0 Å². The molecule has 1 aliphatic rings. The fourth-order valence-electron chi connectivity index (χ4n) is 2.35. The summed E-state index contributed by atoms with van der Waals surface area (Å²) >= 11 is 0. The summed E-state index contributed by atoms with van der Waals surface area (Å²) in [6.07, 6.45) is -1.50. The normalized spacial score (nSPS) is 27.1. The SMILES string of the molecule is CCCSS[C@@H]1[C@H](O)[C@@H](COP(=O)(O)OP(=O)(O)O)O[C@H]1n1ccc(=O)[nH]c1=O. The number of aromatic nitrogens is 2. The minimum absolute atomic E-state index is 0.620. The van der Waals surface area contributed by atoms with Gasteiger partial charge in [-0.3, -0.25) is 18.9 Å². The average Bonchev–Trinajstić information content (AvgIpc) is 2.88. The van der Waals surface area contributed by atoms with Crippen LogP contribution in [-0.4, -0.2) is 59.2 Å². The van der Waals surface area contributed by atoms with E-state index in [1.807, 2.05) is 6.92 Å². The Labute approximate surface area is 172 Å². The highest BCUT2D eigenvalue weighted by molar-refractivity contribution is 8.77. The van der Waals surface area contributed by atoms with Gasteiger partial charge < -0.3 is 24.5 Å². The molecular weight excluding hydrogens is 474 g/mol. The molecule has 0 radical (unpaired) electrons. The van der Waals surface area contributed by atoms with Gasteiger partial charge in [0.2, 0.25) is 0 Å². The molecule has 166 valence electrons. The molecule has 2 rings (SSSR count). The molecule has 0 saturated carbocycles. The molecule has 1 aliphatic heterocycles. The molecule has 13 nitrogen and oxygen atoms in total. The van der Waals surface area contributed by atoms with Crippen LogP contribution in [-0.2, 0) is 22.7 Å². The molecular formula is C12H20N2O11P2S2. The van der Waals surface area contributed by atoms with E-state index in [9.17, 15) is 28.7 Å². The van der Waals surface area contributed by atoms with Crippen LogP contribution in [0.15, 0.2) is 21.9 Å². The first-order chi connectivity index (χ1) is 13.4. The van der Waals surface area contributed by atoms with E-state index >= 15 is 0 Å². The number of ether oxygens (including phenoxy) is 1. The molecule has 1 fully saturated rings. The van der Waals surface area contributed by atoms with Crippen LogP contribution in [0.3, 0.4) is 0 Å². The van der Waals surface area contributed by atoms with Crippen molar-refractivity contribution in [2.75, 3.05) is 12.4 Å². The van der Waals surface area contributed by atoms with Crippen molar-refractivity contribution in [3.63, 3.8) is 0 Å². The Hall–Kier alpha value is -0.440. The van der Waals surface area contributed by atoms with Crippen molar-refractivity contribution in [2.24, 2.45) is 0 Å². The zero-order valence-corrected chi connectivity index (χ0v) is 18.3. The number of nitrogens with one attached hydrogen (secondary N) is 1. The van der Waals surface area contributed by atoms with Gasteiger partial charge in [0.25, 0.3) is 5.56 Å². The topological polar surface area (TPSA) is 198 Å². The Morgan fingerprint density at radius 2 is 2.00 bits per heavy atom. The smallest absolute Gasteiger partial charge is 0.389 e. The molecule has 5 atom stereocenters. The molecule has 0 aliphatic carbocycles. The number of hydrogen-bond acceptors (Lipinski definition) is 10. The number of H-pyrrole nitrogens is 1. The fourth-order valence-corrected chi connectivity index (χ4v) is 6.83. The number of phosphoric acid groups is 2. The standard InChI is InChI=1S/C12H20N2O11P2S2/c1-2-5-28-29-10-9(16)7(6-23-27(21,22)25-26(18,19)20)24-11(10)14-4-3-8(15)13-12(14)17/h3-4,7,9-11,16H,2,5-6H2,1H3,(H,21,22)(H,13,15,17)(H2,18,19,20)/t7-,9-,10-,11-/m1/s1. The van der Waals surface area contributed by atoms with Crippen molar-refractivity contribution in [1.29, 1.82) is 0 Å². The van der Waals surface area contributed by atoms with Crippen molar-refractivity contribution < 1.29 is 42.5 Å². The molecule has 0 spiro atoms. The van der Waals surface area contributed by atoms with Gasteiger partial charge in [-0.2, -0.15) is 4.31 Å². The highest BCUT2D eigenvalue weighted by Gasteiger charge is 2.47. The van der Waals surface area contributed by atoms with E-state index in [1.54, 1.807) is 0 Å². The van der Waals surface area contributed by atoms with E-state index in [1.165, 1.54) is 27.8 Å². The first kappa shape index (κ1) is 24.8. The fraction of sp³-hybridized carbons (Fsp3) is 0.667. The molecule has 5 N–H and O–H groups in total. The van der Waals surface area contributed by atoms with E-state index in [0.29, 0.717) is 0 Å². The summed E-state index contributed by atoms with van der Waals surface area (Å²) < 4.78 is 37.2. The second-order valence-corrected chi connectivity index (χ2v) is 11.3. The lowest BCUT2D eigenvalue weighted by atomic mass is 10.2. The lowest BCUT2D eigenvalue weighted by Gasteiger charge is -2.20. The third-order valence-corrected chi connectivity index (χ3v) is 8.69. The monoisotopic (exact) mass is 494 g/mol. The third-order valence-electron chi connectivity index (χ3n) is 3.52. The molecule has 0 bridgehead atoms. The summed E-state index contributed by atoms with van der Waals surface area (Å²) in [5.74, 6) is 0.740. The summed E-state index contributed by atoms with van der Waals surface area (Å²) in [6, 6.07) is 1.09. The Morgan fingerprint density at radius 1 is 1.31 bits per heavy atom. The molecule has 2 heterocycles. The summed E-state index contributed by atoms with van der Waals surface area (Å²) in [5, 5.41) is 9.84. The summed E-state index contributed by atoms with van der Waals surface area (Å²) in [6.45, 7) is 1.20. The number of nitrogens with zero attached hydrogens (tertiary/aromatic N) is 1. The Morgan fingerprint density at radius 3 is 2.59 bits per heavy atom. The molecule has 1 aromatic heterocycles. The molecule has 29 heavy (non-hydrogen) atoms. The van der Waals surface area contributed by atoms with Crippen molar-refractivity contribution in [1.82, 2.24) is 9.55 Å². The number of rotatable bonds is 10. The van der Waals surface area contributed by atoms with E-state index in [0.717, 1.165) is 22.8 Å². The van der Waals surface area contributed by atoms with Crippen LogP contribution in [0.25, 0.3) is 0 Å². The van der Waals surface area contributed by atoms with Crippen LogP contribution in [0.2, 0.25) is 0 Å². The largest absolute Gasteiger partial charge is 0.481 e. The van der Waals surface area contributed by atoms with Gasteiger partial charge in [0.05, 0.1) is 18.0 Å². The van der Waals surface area contributed by atoms with Crippen LogP contribution < -0.4 is 11.2 Å². The molecule has 0 amide bonds. The summed E-state index contributed by atoms with van der Waals surface area (Å²) in [4.78, 5) is 52.1. The van der Waals surface area contributed by atoms with Gasteiger partial charge in [-0.25, -0.2) is 13.9 Å².